The topological polar surface area (TPSA) is 17.1 Å². The lowest BCUT2D eigenvalue weighted by Crippen LogP contribution is -1.92. The van der Waals surface area contributed by atoms with Crippen LogP contribution in [-0.4, -0.2) is 5.78 Å². The van der Waals surface area contributed by atoms with Gasteiger partial charge in [0, 0.05) is 5.56 Å². The molecule has 16 heavy (non-hydrogen) atoms. The summed E-state index contributed by atoms with van der Waals surface area (Å²) in [6.07, 6.45) is 3.40. The number of rotatable bonds is 3. The third-order valence-electron chi connectivity index (χ3n) is 2.23. The molecule has 0 amide bonds. The lowest BCUT2D eigenvalue weighted by atomic mass is 10.1. The summed E-state index contributed by atoms with van der Waals surface area (Å²) in [6.45, 7) is 0. The molecule has 0 aromatic heterocycles. The number of hydrogen-bond donors (Lipinski definition) is 0. The molecule has 1 radical (unpaired) electrons. The standard InChI is InChI=1S/C15H11O/c16-15(14-9-5-2-6-10-14)12-11-13-7-3-1-4-8-13/h2-12H. The molecule has 0 aliphatic rings. The van der Waals surface area contributed by atoms with E-state index in [4.69, 9.17) is 0 Å². The van der Waals surface area contributed by atoms with Gasteiger partial charge in [-0.2, -0.15) is 0 Å². The van der Waals surface area contributed by atoms with Crippen molar-refractivity contribution in [3.8, 4) is 0 Å². The Hall–Kier alpha value is -2.15. The SMILES string of the molecule is O=C(C=Cc1cc[c]cc1)c1ccccc1. The van der Waals surface area contributed by atoms with Gasteiger partial charge in [0.2, 0.25) is 0 Å². The van der Waals surface area contributed by atoms with Crippen molar-refractivity contribution in [2.24, 2.45) is 0 Å². The highest BCUT2D eigenvalue weighted by atomic mass is 16.1. The zero-order valence-electron chi connectivity index (χ0n) is 8.76. The van der Waals surface area contributed by atoms with Crippen LogP contribution >= 0.6 is 0 Å². The van der Waals surface area contributed by atoms with Gasteiger partial charge < -0.3 is 0 Å². The van der Waals surface area contributed by atoms with Crippen LogP contribution in [0.2, 0.25) is 0 Å². The number of carbonyl (C=O) groups is 1. The van der Waals surface area contributed by atoms with Gasteiger partial charge in [-0.15, -0.1) is 0 Å². The summed E-state index contributed by atoms with van der Waals surface area (Å²) >= 11 is 0. The Morgan fingerprint density at radius 1 is 1.00 bits per heavy atom. The summed E-state index contributed by atoms with van der Waals surface area (Å²) in [7, 11) is 0. The molecular weight excluding hydrogens is 196 g/mol. The van der Waals surface area contributed by atoms with Crippen molar-refractivity contribution < 1.29 is 4.79 Å². The summed E-state index contributed by atoms with van der Waals surface area (Å²) in [5.41, 5.74) is 1.71. The van der Waals surface area contributed by atoms with E-state index >= 15 is 0 Å². The minimum absolute atomic E-state index is 0.0217. The summed E-state index contributed by atoms with van der Waals surface area (Å²) in [5.74, 6) is 0.0217. The van der Waals surface area contributed by atoms with E-state index in [1.54, 1.807) is 6.08 Å². The fourth-order valence-corrected chi connectivity index (χ4v) is 1.38. The average molecular weight is 207 g/mol. The van der Waals surface area contributed by atoms with Gasteiger partial charge >= 0.3 is 0 Å². The van der Waals surface area contributed by atoms with E-state index in [2.05, 4.69) is 6.07 Å². The van der Waals surface area contributed by atoms with Crippen molar-refractivity contribution >= 4 is 11.9 Å². The Bertz CT molecular complexity index is 483. The van der Waals surface area contributed by atoms with Crippen LogP contribution in [0.5, 0.6) is 0 Å². The second-order valence-corrected chi connectivity index (χ2v) is 3.40. The molecule has 0 heterocycles. The molecule has 0 bridgehead atoms. The van der Waals surface area contributed by atoms with Gasteiger partial charge in [0.25, 0.3) is 0 Å². The largest absolute Gasteiger partial charge is 0.289 e. The molecule has 0 N–H and O–H groups in total. The molecule has 77 valence electrons. The van der Waals surface area contributed by atoms with E-state index < -0.39 is 0 Å². The third-order valence-corrected chi connectivity index (χ3v) is 2.23. The maximum atomic E-state index is 11.7. The highest BCUT2D eigenvalue weighted by Gasteiger charge is 1.98. The van der Waals surface area contributed by atoms with Gasteiger partial charge in [0.05, 0.1) is 0 Å². The predicted molar refractivity (Wildman–Crippen MR) is 65.1 cm³/mol. The lowest BCUT2D eigenvalue weighted by Gasteiger charge is -1.94. The van der Waals surface area contributed by atoms with Crippen molar-refractivity contribution in [3.05, 3.63) is 77.9 Å². The van der Waals surface area contributed by atoms with Gasteiger partial charge in [-0.3, -0.25) is 4.79 Å². The van der Waals surface area contributed by atoms with E-state index in [0.717, 1.165) is 5.56 Å². The normalized spacial score (nSPS) is 10.5. The predicted octanol–water partition coefficient (Wildman–Crippen LogP) is 3.38. The van der Waals surface area contributed by atoms with E-state index in [-0.39, 0.29) is 5.78 Å². The molecule has 0 aliphatic carbocycles. The Morgan fingerprint density at radius 2 is 1.69 bits per heavy atom. The first-order valence-corrected chi connectivity index (χ1v) is 5.10. The first kappa shape index (κ1) is 10.4. The quantitative estimate of drug-likeness (QED) is 0.557. The van der Waals surface area contributed by atoms with Crippen LogP contribution in [0.25, 0.3) is 6.08 Å². The molecule has 2 aromatic carbocycles. The van der Waals surface area contributed by atoms with Crippen LogP contribution in [0, 0.1) is 6.07 Å². The maximum Gasteiger partial charge on any atom is 0.185 e. The monoisotopic (exact) mass is 207 g/mol. The van der Waals surface area contributed by atoms with E-state index in [0.29, 0.717) is 5.56 Å². The molecule has 0 saturated heterocycles. The Kier molecular flexibility index (Phi) is 3.29. The lowest BCUT2D eigenvalue weighted by molar-refractivity contribution is 0.104. The maximum absolute atomic E-state index is 11.7. The minimum Gasteiger partial charge on any atom is -0.289 e. The number of hydrogen-bond acceptors (Lipinski definition) is 1. The Balaban J connectivity index is 2.12. The van der Waals surface area contributed by atoms with Gasteiger partial charge in [-0.1, -0.05) is 60.7 Å². The molecule has 0 unspecified atom stereocenters. The van der Waals surface area contributed by atoms with Crippen molar-refractivity contribution in [2.45, 2.75) is 0 Å². The van der Waals surface area contributed by atoms with Gasteiger partial charge in [0.1, 0.15) is 0 Å². The fourth-order valence-electron chi connectivity index (χ4n) is 1.38. The van der Waals surface area contributed by atoms with Crippen molar-refractivity contribution in [1.82, 2.24) is 0 Å². The molecule has 0 aliphatic heterocycles. The zero-order valence-corrected chi connectivity index (χ0v) is 8.76. The zero-order chi connectivity index (χ0) is 11.2. The minimum atomic E-state index is 0.0217. The number of ketones is 1. The molecule has 0 atom stereocenters. The summed E-state index contributed by atoms with van der Waals surface area (Å²) in [6, 6.07) is 19.6. The summed E-state index contributed by atoms with van der Waals surface area (Å²) < 4.78 is 0. The van der Waals surface area contributed by atoms with E-state index in [9.17, 15) is 4.79 Å². The molecule has 2 rings (SSSR count). The fraction of sp³-hybridized carbons (Fsp3) is 0. The van der Waals surface area contributed by atoms with Gasteiger partial charge in [-0.25, -0.2) is 0 Å². The molecule has 0 spiro atoms. The Labute approximate surface area is 95.1 Å². The van der Waals surface area contributed by atoms with Crippen molar-refractivity contribution in [2.75, 3.05) is 0 Å². The van der Waals surface area contributed by atoms with Crippen molar-refractivity contribution in [3.63, 3.8) is 0 Å². The molecule has 0 fully saturated rings. The molecular formula is C15H11O. The first-order chi connectivity index (χ1) is 7.86. The molecule has 2 aromatic rings. The smallest absolute Gasteiger partial charge is 0.185 e. The van der Waals surface area contributed by atoms with Crippen LogP contribution in [0.3, 0.4) is 0 Å². The second kappa shape index (κ2) is 5.08. The number of benzene rings is 2. The highest BCUT2D eigenvalue weighted by molar-refractivity contribution is 6.06. The van der Waals surface area contributed by atoms with Crippen LogP contribution in [0.4, 0.5) is 0 Å². The van der Waals surface area contributed by atoms with Crippen LogP contribution in [0.1, 0.15) is 15.9 Å². The average Bonchev–Trinajstić information content (AvgIpc) is 2.38. The second-order valence-electron chi connectivity index (χ2n) is 3.40. The molecule has 1 heteroatoms. The first-order valence-electron chi connectivity index (χ1n) is 5.10. The number of carbonyl (C=O) groups excluding carboxylic acids is 1. The summed E-state index contributed by atoms with van der Waals surface area (Å²) in [5, 5.41) is 0. The van der Waals surface area contributed by atoms with Crippen LogP contribution in [0.15, 0.2) is 60.7 Å². The highest BCUT2D eigenvalue weighted by Crippen LogP contribution is 2.04. The molecule has 1 nitrogen and oxygen atoms in total. The van der Waals surface area contributed by atoms with E-state index in [1.807, 2.05) is 60.7 Å². The van der Waals surface area contributed by atoms with Crippen molar-refractivity contribution in [1.29, 1.82) is 0 Å². The third kappa shape index (κ3) is 2.67. The summed E-state index contributed by atoms with van der Waals surface area (Å²) in [4.78, 5) is 11.7. The van der Waals surface area contributed by atoms with Crippen LogP contribution < -0.4 is 0 Å². The van der Waals surface area contributed by atoms with E-state index in [1.165, 1.54) is 0 Å². The Morgan fingerprint density at radius 3 is 2.38 bits per heavy atom. The van der Waals surface area contributed by atoms with Gasteiger partial charge in [-0.05, 0) is 17.7 Å². The molecule has 0 saturated carbocycles. The van der Waals surface area contributed by atoms with Gasteiger partial charge in [0.15, 0.2) is 5.78 Å². The number of allylic oxidation sites excluding steroid dienone is 1. The van der Waals surface area contributed by atoms with Crippen LogP contribution in [-0.2, 0) is 0 Å².